The maximum atomic E-state index is 6.63. The monoisotopic (exact) mass is 439 g/mol. The van der Waals surface area contributed by atoms with Gasteiger partial charge in [-0.2, -0.15) is 5.06 Å². The zero-order chi connectivity index (χ0) is 22.6. The largest absolute Gasteiger partial charge is 0.294 e. The molecule has 2 saturated heterocycles. The summed E-state index contributed by atoms with van der Waals surface area (Å²) in [7, 11) is -1.67. The van der Waals surface area contributed by atoms with Gasteiger partial charge in [-0.05, 0) is 67.6 Å². The lowest BCUT2D eigenvalue weighted by molar-refractivity contribution is -0.221. The maximum absolute atomic E-state index is 6.63. The van der Waals surface area contributed by atoms with E-state index < -0.39 is 8.07 Å². The number of nitrogens with zero attached hydrogens (tertiary/aromatic N) is 1. The molecule has 3 fully saturated rings. The van der Waals surface area contributed by atoms with E-state index in [4.69, 9.17) is 4.84 Å². The van der Waals surface area contributed by atoms with E-state index >= 15 is 0 Å². The van der Waals surface area contributed by atoms with Crippen LogP contribution in [0.25, 0.3) is 0 Å². The average Bonchev–Trinajstić information content (AvgIpc) is 2.88. The highest BCUT2D eigenvalue weighted by Crippen LogP contribution is 2.54. The van der Waals surface area contributed by atoms with Gasteiger partial charge in [-0.15, -0.1) is 5.54 Å². The van der Waals surface area contributed by atoms with E-state index in [1.54, 1.807) is 0 Å². The molecule has 0 radical (unpaired) electrons. The third-order valence-electron chi connectivity index (χ3n) is 8.51. The van der Waals surface area contributed by atoms with Gasteiger partial charge < -0.3 is 0 Å². The zero-order valence-electron chi connectivity index (χ0n) is 20.9. The van der Waals surface area contributed by atoms with E-state index in [-0.39, 0.29) is 5.54 Å². The number of hydroxylamine groups is 2. The number of piperidine rings is 1. The molecule has 2 heterocycles. The van der Waals surface area contributed by atoms with Crippen LogP contribution in [-0.2, 0) is 4.84 Å². The third kappa shape index (κ3) is 4.54. The lowest BCUT2D eigenvalue weighted by Gasteiger charge is -2.48. The maximum Gasteiger partial charge on any atom is 0.146 e. The van der Waals surface area contributed by atoms with Crippen molar-refractivity contribution in [2.45, 2.75) is 121 Å². The summed E-state index contributed by atoms with van der Waals surface area (Å²) < 4.78 is 0. The van der Waals surface area contributed by atoms with Gasteiger partial charge in [0.25, 0.3) is 0 Å². The van der Waals surface area contributed by atoms with Crippen LogP contribution in [0.15, 0.2) is 37.0 Å². The molecule has 0 N–H and O–H groups in total. The van der Waals surface area contributed by atoms with E-state index in [0.717, 1.165) is 6.42 Å². The number of hydrogen-bond donors (Lipinski definition) is 0. The van der Waals surface area contributed by atoms with Crippen molar-refractivity contribution < 1.29 is 4.84 Å². The predicted octanol–water partition coefficient (Wildman–Crippen LogP) is 7.60. The van der Waals surface area contributed by atoms with Crippen LogP contribution < -0.4 is 0 Å². The number of allylic oxidation sites excluding steroid dienone is 3. The number of hydrogen-bond acceptors (Lipinski definition) is 2. The van der Waals surface area contributed by atoms with Crippen molar-refractivity contribution in [1.82, 2.24) is 5.06 Å². The molecule has 3 aliphatic rings. The van der Waals surface area contributed by atoms with Crippen molar-refractivity contribution in [3.8, 4) is 11.5 Å². The quantitative estimate of drug-likeness (QED) is 0.230. The minimum absolute atomic E-state index is 0.189. The molecule has 172 valence electrons. The van der Waals surface area contributed by atoms with E-state index in [0.29, 0.717) is 34.7 Å². The van der Waals surface area contributed by atoms with E-state index in [1.165, 1.54) is 38.5 Å². The van der Waals surface area contributed by atoms with Crippen molar-refractivity contribution in [3.63, 3.8) is 0 Å². The summed E-state index contributed by atoms with van der Waals surface area (Å²) in [5, 5.41) is 2.44. The Morgan fingerprint density at radius 3 is 2.32 bits per heavy atom. The first-order chi connectivity index (χ1) is 14.8. The molecule has 0 aromatic rings. The first kappa shape index (κ1) is 24.6. The van der Waals surface area contributed by atoms with Crippen LogP contribution in [-0.4, -0.2) is 30.8 Å². The molecule has 1 aliphatic carbocycles. The Bertz CT molecular complexity index is 714. The van der Waals surface area contributed by atoms with Crippen molar-refractivity contribution in [2.24, 2.45) is 5.92 Å². The van der Waals surface area contributed by atoms with Crippen LogP contribution in [0.5, 0.6) is 0 Å². The van der Waals surface area contributed by atoms with Crippen LogP contribution in [0.1, 0.15) is 86.5 Å². The number of rotatable bonds is 7. The molecular weight excluding hydrogens is 394 g/mol. The fourth-order valence-corrected chi connectivity index (χ4v) is 12.3. The summed E-state index contributed by atoms with van der Waals surface area (Å²) >= 11 is 0. The Kier molecular flexibility index (Phi) is 8.11. The van der Waals surface area contributed by atoms with Crippen LogP contribution in [0, 0.1) is 17.4 Å². The van der Waals surface area contributed by atoms with Gasteiger partial charge in [-0.3, -0.25) is 4.84 Å². The predicted molar refractivity (Wildman–Crippen MR) is 136 cm³/mol. The van der Waals surface area contributed by atoms with Crippen molar-refractivity contribution >= 4 is 8.07 Å². The molecule has 31 heavy (non-hydrogen) atoms. The summed E-state index contributed by atoms with van der Waals surface area (Å²) in [4.78, 5) is 6.63. The molecule has 0 amide bonds. The number of fused-ring (bicyclic) bond motifs is 1. The highest BCUT2D eigenvalue weighted by molar-refractivity contribution is 6.90. The summed E-state index contributed by atoms with van der Waals surface area (Å²) in [5.74, 6) is 4.05. The van der Waals surface area contributed by atoms with Crippen LogP contribution in [0.3, 0.4) is 0 Å². The van der Waals surface area contributed by atoms with Crippen molar-refractivity contribution in [1.29, 1.82) is 0 Å². The zero-order valence-corrected chi connectivity index (χ0v) is 21.9. The molecule has 3 rings (SSSR count). The fourth-order valence-electron chi connectivity index (χ4n) is 7.14. The first-order valence-corrected chi connectivity index (χ1v) is 15.0. The normalized spacial score (nSPS) is 31.6. The van der Waals surface area contributed by atoms with Gasteiger partial charge in [0.05, 0.1) is 11.6 Å². The van der Waals surface area contributed by atoms with Crippen LogP contribution in [0.4, 0.5) is 0 Å². The molecule has 2 bridgehead atoms. The van der Waals surface area contributed by atoms with Gasteiger partial charge in [0.15, 0.2) is 0 Å². The Morgan fingerprint density at radius 1 is 1.06 bits per heavy atom. The lowest BCUT2D eigenvalue weighted by Crippen LogP contribution is -2.55. The minimum atomic E-state index is -1.67. The van der Waals surface area contributed by atoms with Crippen LogP contribution >= 0.6 is 0 Å². The molecule has 2 nitrogen and oxygen atoms in total. The molecule has 2 aliphatic heterocycles. The topological polar surface area (TPSA) is 12.5 Å². The van der Waals surface area contributed by atoms with Gasteiger partial charge in [-0.1, -0.05) is 78.3 Å². The Balaban J connectivity index is 1.83. The summed E-state index contributed by atoms with van der Waals surface area (Å²) in [6, 6.07) is 0.498. The van der Waals surface area contributed by atoms with Crippen LogP contribution in [0.2, 0.25) is 16.6 Å². The molecule has 1 saturated carbocycles. The third-order valence-corrected chi connectivity index (χ3v) is 14.8. The van der Waals surface area contributed by atoms with E-state index in [9.17, 15) is 0 Å². The Morgan fingerprint density at radius 2 is 1.71 bits per heavy atom. The smallest absolute Gasteiger partial charge is 0.146 e. The highest BCUT2D eigenvalue weighted by atomic mass is 28.3. The molecule has 1 spiro atoms. The highest BCUT2D eigenvalue weighted by Gasteiger charge is 2.58. The SMILES string of the molecule is C=C/C=C\C[C@@H]1CCCC23CCCC(ON12)C3/C=C\C#C[Si](C(C)C)(C(C)C)C(C)C. The molecule has 3 unspecified atom stereocenters. The second kappa shape index (κ2) is 10.2. The Labute approximate surface area is 193 Å². The molecule has 4 atom stereocenters. The van der Waals surface area contributed by atoms with Gasteiger partial charge in [0, 0.05) is 12.0 Å². The van der Waals surface area contributed by atoms with Crippen molar-refractivity contribution in [2.75, 3.05) is 0 Å². The summed E-state index contributed by atoms with van der Waals surface area (Å²) in [5.41, 5.74) is 6.09. The van der Waals surface area contributed by atoms with Gasteiger partial charge in [-0.25, -0.2) is 0 Å². The van der Waals surface area contributed by atoms with E-state index in [2.05, 4.69) is 89.0 Å². The van der Waals surface area contributed by atoms with Gasteiger partial charge >= 0.3 is 0 Å². The molecule has 3 heteroatoms. The molecule has 0 aromatic carbocycles. The second-order valence-electron chi connectivity index (χ2n) is 11.0. The second-order valence-corrected chi connectivity index (χ2v) is 16.5. The Hall–Kier alpha value is -1.08. The standard InChI is InChI=1S/C28H45NOSi/c1-8-9-10-15-25-16-13-19-28-20-14-18-27(30-29(25)28)26(28)17-11-12-21-31(22(2)3,23(4)5)24(6)7/h8-11,17,22-27H,1,13-16,18-20H2,2-7H3/b10-9-,17-11-/t25-,26?,27?,28?/m1/s1. The first-order valence-electron chi connectivity index (χ1n) is 12.7. The lowest BCUT2D eigenvalue weighted by atomic mass is 9.67. The van der Waals surface area contributed by atoms with E-state index in [1.807, 2.05) is 6.08 Å². The van der Waals surface area contributed by atoms with Gasteiger partial charge in [0.2, 0.25) is 0 Å². The molecule has 0 aromatic heterocycles. The minimum Gasteiger partial charge on any atom is -0.294 e. The van der Waals surface area contributed by atoms with Gasteiger partial charge in [0.1, 0.15) is 8.07 Å². The fraction of sp³-hybridized carbons (Fsp3) is 0.714. The summed E-state index contributed by atoms with van der Waals surface area (Å²) in [6.45, 7) is 18.1. The average molecular weight is 440 g/mol. The summed E-state index contributed by atoms with van der Waals surface area (Å²) in [6.07, 6.45) is 19.8. The van der Waals surface area contributed by atoms with Crippen molar-refractivity contribution in [3.05, 3.63) is 37.0 Å². The molecular formula is C28H45NOSi.